The minimum atomic E-state index is -0.0283. The fourth-order valence-corrected chi connectivity index (χ4v) is 5.29. The van der Waals surface area contributed by atoms with Gasteiger partial charge in [-0.3, -0.25) is 0 Å². The van der Waals surface area contributed by atoms with Gasteiger partial charge in [0, 0.05) is 18.8 Å². The fourth-order valence-electron chi connectivity index (χ4n) is 2.41. The highest BCUT2D eigenvalue weighted by molar-refractivity contribution is 8.16. The van der Waals surface area contributed by atoms with E-state index in [1.165, 1.54) is 23.5 Å². The first-order valence-corrected chi connectivity index (χ1v) is 9.39. The fraction of sp³-hybridized carbons (Fsp3) is 0.533. The predicted octanol–water partition coefficient (Wildman–Crippen LogP) is 3.42. The first-order chi connectivity index (χ1) is 10.3. The largest absolute Gasteiger partial charge is 0.378 e. The maximum atomic E-state index is 12.2. The topological polar surface area (TPSA) is 41.6 Å². The molecular weight excluding hydrogens is 304 g/mol. The van der Waals surface area contributed by atoms with E-state index in [9.17, 15) is 4.79 Å². The molecule has 3 rings (SSSR count). The van der Waals surface area contributed by atoms with E-state index in [0.717, 1.165) is 5.69 Å². The van der Waals surface area contributed by atoms with Crippen LogP contribution in [0.5, 0.6) is 0 Å². The highest BCUT2D eigenvalue weighted by Crippen LogP contribution is 2.44. The monoisotopic (exact) mass is 324 g/mol. The number of anilines is 1. The lowest BCUT2D eigenvalue weighted by molar-refractivity contribution is 0.0564. The smallest absolute Gasteiger partial charge is 0.321 e. The second kappa shape index (κ2) is 7.42. The van der Waals surface area contributed by atoms with Gasteiger partial charge in [-0.25, -0.2) is 4.79 Å². The van der Waals surface area contributed by atoms with Crippen LogP contribution in [0.25, 0.3) is 0 Å². The van der Waals surface area contributed by atoms with Crippen molar-refractivity contribution >= 4 is 35.2 Å². The minimum Gasteiger partial charge on any atom is -0.378 e. The Balaban J connectivity index is 1.63. The molecule has 0 spiro atoms. The van der Waals surface area contributed by atoms with Crippen molar-refractivity contribution in [2.24, 2.45) is 0 Å². The molecule has 114 valence electrons. The Bertz CT molecular complexity index is 486. The normalized spacial score (nSPS) is 20.3. The summed E-state index contributed by atoms with van der Waals surface area (Å²) in [5, 5.41) is 3.00. The molecule has 21 heavy (non-hydrogen) atoms. The van der Waals surface area contributed by atoms with E-state index in [1.54, 1.807) is 4.90 Å². The van der Waals surface area contributed by atoms with Crippen LogP contribution in [0.15, 0.2) is 24.3 Å². The molecule has 0 radical (unpaired) electrons. The van der Waals surface area contributed by atoms with E-state index < -0.39 is 0 Å². The number of thioether (sulfide) groups is 2. The molecule has 0 saturated carbocycles. The average Bonchev–Trinajstić information content (AvgIpc) is 2.57. The summed E-state index contributed by atoms with van der Waals surface area (Å²) in [6.07, 6.45) is 1.29. The van der Waals surface area contributed by atoms with Crippen LogP contribution in [-0.2, 0) is 4.74 Å². The molecule has 0 bridgehead atoms. The zero-order valence-electron chi connectivity index (χ0n) is 11.9. The second-order valence-corrected chi connectivity index (χ2v) is 7.81. The number of hydrogen-bond acceptors (Lipinski definition) is 4. The van der Waals surface area contributed by atoms with Crippen LogP contribution >= 0.6 is 23.5 Å². The van der Waals surface area contributed by atoms with Crippen molar-refractivity contribution < 1.29 is 9.53 Å². The lowest BCUT2D eigenvalue weighted by Gasteiger charge is -2.27. The van der Waals surface area contributed by atoms with Gasteiger partial charge in [0.05, 0.1) is 17.8 Å². The third kappa shape index (κ3) is 4.08. The molecule has 2 amide bonds. The third-order valence-corrected chi connectivity index (χ3v) is 6.55. The van der Waals surface area contributed by atoms with Crippen LogP contribution in [0.1, 0.15) is 16.6 Å². The molecular formula is C15H20N2O2S2. The van der Waals surface area contributed by atoms with Gasteiger partial charge in [0.25, 0.3) is 0 Å². The summed E-state index contributed by atoms with van der Waals surface area (Å²) >= 11 is 3.99. The highest BCUT2D eigenvalue weighted by atomic mass is 32.2. The van der Waals surface area contributed by atoms with E-state index in [0.29, 0.717) is 30.9 Å². The van der Waals surface area contributed by atoms with Gasteiger partial charge in [0.15, 0.2) is 0 Å². The second-order valence-electron chi connectivity index (χ2n) is 5.08. The molecule has 6 heteroatoms. The SMILES string of the molecule is O=C(Nc1cccc(C2SCCCS2)c1)N1CCOCC1. The molecule has 2 heterocycles. The van der Waals surface area contributed by atoms with Crippen molar-refractivity contribution in [2.45, 2.75) is 11.0 Å². The number of benzene rings is 1. The van der Waals surface area contributed by atoms with Gasteiger partial charge in [0.1, 0.15) is 0 Å². The van der Waals surface area contributed by atoms with Crippen molar-refractivity contribution in [3.05, 3.63) is 29.8 Å². The number of carbonyl (C=O) groups excluding carboxylic acids is 1. The summed E-state index contributed by atoms with van der Waals surface area (Å²) in [4.78, 5) is 14.0. The number of nitrogens with one attached hydrogen (secondary N) is 1. The molecule has 1 aromatic carbocycles. The van der Waals surface area contributed by atoms with Gasteiger partial charge in [0.2, 0.25) is 0 Å². The number of hydrogen-bond donors (Lipinski definition) is 1. The minimum absolute atomic E-state index is 0.0283. The van der Waals surface area contributed by atoms with Crippen molar-refractivity contribution in [1.82, 2.24) is 4.90 Å². The quantitative estimate of drug-likeness (QED) is 0.905. The van der Waals surface area contributed by atoms with Gasteiger partial charge < -0.3 is 15.0 Å². The van der Waals surface area contributed by atoms with Crippen LogP contribution < -0.4 is 5.32 Å². The Morgan fingerprint density at radius 2 is 2.00 bits per heavy atom. The van der Waals surface area contributed by atoms with Crippen LogP contribution in [0.3, 0.4) is 0 Å². The molecule has 0 aromatic heterocycles. The molecule has 0 unspecified atom stereocenters. The Kier molecular flexibility index (Phi) is 5.32. The van der Waals surface area contributed by atoms with Crippen molar-refractivity contribution in [2.75, 3.05) is 43.1 Å². The molecule has 1 N–H and O–H groups in total. The first kappa shape index (κ1) is 15.1. The van der Waals surface area contributed by atoms with Gasteiger partial charge in [-0.05, 0) is 35.6 Å². The predicted molar refractivity (Wildman–Crippen MR) is 90.1 cm³/mol. The summed E-state index contributed by atoms with van der Waals surface area (Å²) in [5.41, 5.74) is 2.18. The summed E-state index contributed by atoms with van der Waals surface area (Å²) < 4.78 is 5.77. The zero-order valence-corrected chi connectivity index (χ0v) is 13.5. The Labute approximate surface area is 134 Å². The number of amides is 2. The van der Waals surface area contributed by atoms with E-state index in [1.807, 2.05) is 35.7 Å². The van der Waals surface area contributed by atoms with Crippen LogP contribution in [-0.4, -0.2) is 48.7 Å². The van der Waals surface area contributed by atoms with E-state index in [-0.39, 0.29) is 6.03 Å². The first-order valence-electron chi connectivity index (χ1n) is 7.30. The van der Waals surface area contributed by atoms with E-state index in [4.69, 9.17) is 4.74 Å². The standard InChI is InChI=1S/C15H20N2O2S2/c18-15(17-5-7-19-8-6-17)16-13-4-1-3-12(11-13)14-20-9-2-10-21-14/h1,3-4,11,14H,2,5-10H2,(H,16,18). The van der Waals surface area contributed by atoms with Gasteiger partial charge in [-0.15, -0.1) is 23.5 Å². The third-order valence-electron chi connectivity index (χ3n) is 3.54. The summed E-state index contributed by atoms with van der Waals surface area (Å²) in [7, 11) is 0. The van der Waals surface area contributed by atoms with Crippen molar-refractivity contribution in [1.29, 1.82) is 0 Å². The maximum absolute atomic E-state index is 12.2. The maximum Gasteiger partial charge on any atom is 0.321 e. The molecule has 1 aromatic rings. The lowest BCUT2D eigenvalue weighted by Crippen LogP contribution is -2.43. The summed E-state index contributed by atoms with van der Waals surface area (Å²) in [5.74, 6) is 2.45. The summed E-state index contributed by atoms with van der Waals surface area (Å²) in [6, 6.07) is 8.22. The number of morpholine rings is 1. The Morgan fingerprint density at radius 1 is 1.24 bits per heavy atom. The molecule has 2 aliphatic heterocycles. The number of urea groups is 1. The molecule has 2 aliphatic rings. The van der Waals surface area contributed by atoms with Crippen LogP contribution in [0.4, 0.5) is 10.5 Å². The van der Waals surface area contributed by atoms with Gasteiger partial charge in [-0.1, -0.05) is 12.1 Å². The van der Waals surface area contributed by atoms with E-state index >= 15 is 0 Å². The van der Waals surface area contributed by atoms with E-state index in [2.05, 4.69) is 17.4 Å². The molecule has 2 saturated heterocycles. The van der Waals surface area contributed by atoms with Crippen LogP contribution in [0, 0.1) is 0 Å². The highest BCUT2D eigenvalue weighted by Gasteiger charge is 2.19. The van der Waals surface area contributed by atoms with Gasteiger partial charge >= 0.3 is 6.03 Å². The van der Waals surface area contributed by atoms with Crippen LogP contribution in [0.2, 0.25) is 0 Å². The lowest BCUT2D eigenvalue weighted by atomic mass is 10.2. The van der Waals surface area contributed by atoms with Crippen molar-refractivity contribution in [3.8, 4) is 0 Å². The number of ether oxygens (including phenoxy) is 1. The van der Waals surface area contributed by atoms with Crippen molar-refractivity contribution in [3.63, 3.8) is 0 Å². The average molecular weight is 324 g/mol. The molecule has 0 atom stereocenters. The molecule has 2 fully saturated rings. The molecule has 0 aliphatic carbocycles. The number of rotatable bonds is 2. The zero-order chi connectivity index (χ0) is 14.5. The Hall–Kier alpha value is -0.850. The number of nitrogens with zero attached hydrogens (tertiary/aromatic N) is 1. The Morgan fingerprint density at radius 3 is 2.76 bits per heavy atom. The number of carbonyl (C=O) groups is 1. The summed E-state index contributed by atoms with van der Waals surface area (Å²) in [6.45, 7) is 2.59. The molecule has 4 nitrogen and oxygen atoms in total. The van der Waals surface area contributed by atoms with Gasteiger partial charge in [-0.2, -0.15) is 0 Å².